The number of likely N-dealkylation sites (tertiary alicyclic amines) is 1. The van der Waals surface area contributed by atoms with Crippen molar-refractivity contribution in [3.63, 3.8) is 0 Å². The number of aromatic nitrogens is 4. The van der Waals surface area contributed by atoms with E-state index in [1.165, 1.54) is 28.6 Å². The van der Waals surface area contributed by atoms with Gasteiger partial charge in [-0.3, -0.25) is 38.8 Å². The van der Waals surface area contributed by atoms with E-state index in [-0.39, 0.29) is 47.7 Å². The highest BCUT2D eigenvalue weighted by Crippen LogP contribution is 2.40. The van der Waals surface area contributed by atoms with Gasteiger partial charge in [-0.25, -0.2) is 14.4 Å². The maximum absolute atomic E-state index is 16.5. The number of pyridine rings is 2. The second-order valence-electron chi connectivity index (χ2n) is 18.6. The Morgan fingerprint density at radius 2 is 1.65 bits per heavy atom. The Hall–Kier alpha value is -6.35. The van der Waals surface area contributed by atoms with E-state index in [1.807, 2.05) is 12.3 Å². The van der Waals surface area contributed by atoms with Crippen LogP contribution in [0.3, 0.4) is 0 Å². The third-order valence-corrected chi connectivity index (χ3v) is 14.6. The minimum atomic E-state index is -1.50. The number of benzene rings is 2. The molecular weight excluding hydrogens is 826 g/mol. The Labute approximate surface area is 376 Å². The standard InChI is InChI=1S/C50H54FN9O5/c1-30-40-27-53-49(56-45(40)60(38-5-3-4-6-38)48(65)44(30)31(2)61)54-42-15-9-34(26-52-42)33-17-21-58(22-18-33)37-11-7-32(8-12-37)28-57-23-19-50(51,20-24-57)36-10-13-39-35(25-36)29-59(47(39)64)41-14-16-43(62)55-46(41)63/h7-13,15,25-27,33,38,41H,3-6,14,16-24,28-29H2,1-2H3,(H,55,62,63)(H,52,53,54,56). The number of carbonyl (C=O) groups excluding carboxylic acids is 4. The largest absolute Gasteiger partial charge is 0.371 e. The van der Waals surface area contributed by atoms with E-state index in [1.54, 1.807) is 35.9 Å². The molecule has 7 heterocycles. The molecule has 1 saturated carbocycles. The van der Waals surface area contributed by atoms with Gasteiger partial charge in [0.1, 0.15) is 23.2 Å². The predicted octanol–water partition coefficient (Wildman–Crippen LogP) is 7.16. The normalized spacial score (nSPS) is 20.7. The number of anilines is 3. The van der Waals surface area contributed by atoms with Crippen molar-refractivity contribution in [1.29, 1.82) is 0 Å². The first-order valence-electron chi connectivity index (χ1n) is 23.1. The summed E-state index contributed by atoms with van der Waals surface area (Å²) in [6.45, 7) is 7.29. The quantitative estimate of drug-likeness (QED) is 0.108. The number of carbonyl (C=O) groups is 4. The summed E-state index contributed by atoms with van der Waals surface area (Å²) in [7, 11) is 0. The monoisotopic (exact) mass is 879 g/mol. The van der Waals surface area contributed by atoms with Gasteiger partial charge in [0.25, 0.3) is 11.5 Å². The molecule has 4 aliphatic heterocycles. The highest BCUT2D eigenvalue weighted by atomic mass is 19.1. The lowest BCUT2D eigenvalue weighted by molar-refractivity contribution is -0.136. The highest BCUT2D eigenvalue weighted by Gasteiger charge is 2.42. The molecule has 336 valence electrons. The summed E-state index contributed by atoms with van der Waals surface area (Å²) < 4.78 is 18.2. The van der Waals surface area contributed by atoms with Crippen LogP contribution in [-0.2, 0) is 28.3 Å². The first kappa shape index (κ1) is 42.6. The predicted molar refractivity (Wildman–Crippen MR) is 244 cm³/mol. The fourth-order valence-electron chi connectivity index (χ4n) is 10.9. The molecule has 15 heteroatoms. The molecule has 0 radical (unpaired) electrons. The summed E-state index contributed by atoms with van der Waals surface area (Å²) >= 11 is 0. The number of piperidine rings is 3. The van der Waals surface area contributed by atoms with E-state index in [9.17, 15) is 24.0 Å². The van der Waals surface area contributed by atoms with Gasteiger partial charge in [0.05, 0.1) is 5.56 Å². The van der Waals surface area contributed by atoms with Crippen molar-refractivity contribution in [2.75, 3.05) is 36.4 Å². The lowest BCUT2D eigenvalue weighted by atomic mass is 9.84. The Bertz CT molecular complexity index is 2750. The minimum Gasteiger partial charge on any atom is -0.371 e. The van der Waals surface area contributed by atoms with Crippen LogP contribution in [0, 0.1) is 6.92 Å². The van der Waals surface area contributed by atoms with Crippen LogP contribution in [0.2, 0.25) is 0 Å². The average molecular weight is 880 g/mol. The van der Waals surface area contributed by atoms with Crippen molar-refractivity contribution in [1.82, 2.24) is 34.6 Å². The van der Waals surface area contributed by atoms with Crippen LogP contribution in [0.25, 0.3) is 11.0 Å². The number of nitrogens with one attached hydrogen (secondary N) is 2. The first-order valence-corrected chi connectivity index (χ1v) is 23.1. The van der Waals surface area contributed by atoms with E-state index < -0.39 is 17.6 Å². The molecule has 3 saturated heterocycles. The van der Waals surface area contributed by atoms with Gasteiger partial charge < -0.3 is 15.1 Å². The number of imide groups is 1. The fourth-order valence-corrected chi connectivity index (χ4v) is 10.9. The molecule has 65 heavy (non-hydrogen) atoms. The van der Waals surface area contributed by atoms with Crippen molar-refractivity contribution < 1.29 is 23.6 Å². The summed E-state index contributed by atoms with van der Waals surface area (Å²) in [6.07, 6.45) is 10.7. The second kappa shape index (κ2) is 17.2. The Morgan fingerprint density at radius 3 is 2.34 bits per heavy atom. The zero-order valence-electron chi connectivity index (χ0n) is 36.9. The number of hydrogen-bond acceptors (Lipinski definition) is 11. The molecule has 1 unspecified atom stereocenters. The molecular formula is C50H54FN9O5. The van der Waals surface area contributed by atoms with Gasteiger partial charge in [0.15, 0.2) is 5.78 Å². The average Bonchev–Trinajstić information content (AvgIpc) is 3.95. The molecule has 0 bridgehead atoms. The number of nitrogens with zero attached hydrogens (tertiary/aromatic N) is 7. The summed E-state index contributed by atoms with van der Waals surface area (Å²) in [5, 5.41) is 6.28. The van der Waals surface area contributed by atoms with E-state index >= 15 is 4.39 Å². The number of rotatable bonds is 10. The minimum absolute atomic E-state index is 0.00808. The number of alkyl halides is 1. The number of ketones is 1. The van der Waals surface area contributed by atoms with Crippen molar-refractivity contribution in [2.45, 2.75) is 115 Å². The zero-order chi connectivity index (χ0) is 45.0. The van der Waals surface area contributed by atoms with Crippen LogP contribution in [-0.4, -0.2) is 85.0 Å². The van der Waals surface area contributed by atoms with E-state index in [4.69, 9.17) is 9.97 Å². The summed E-state index contributed by atoms with van der Waals surface area (Å²) in [4.78, 5) is 83.7. The molecule has 10 rings (SSSR count). The number of amides is 3. The lowest BCUT2D eigenvalue weighted by Gasteiger charge is -2.37. The van der Waals surface area contributed by atoms with Crippen LogP contribution >= 0.6 is 0 Å². The van der Waals surface area contributed by atoms with E-state index in [2.05, 4.69) is 55.7 Å². The molecule has 3 aromatic heterocycles. The number of Topliss-reactive ketones (excluding diaryl/α,β-unsaturated/α-hetero) is 1. The van der Waals surface area contributed by atoms with E-state index in [0.717, 1.165) is 63.7 Å². The third-order valence-electron chi connectivity index (χ3n) is 14.6. The Balaban J connectivity index is 0.712. The smallest absolute Gasteiger partial charge is 0.263 e. The molecule has 3 amide bonds. The van der Waals surface area contributed by atoms with Crippen molar-refractivity contribution in [3.05, 3.63) is 116 Å². The highest BCUT2D eigenvalue weighted by molar-refractivity contribution is 6.05. The second-order valence-corrected chi connectivity index (χ2v) is 18.6. The maximum atomic E-state index is 16.5. The molecule has 2 aromatic carbocycles. The molecule has 4 fully saturated rings. The third kappa shape index (κ3) is 8.19. The van der Waals surface area contributed by atoms with Gasteiger partial charge in [-0.1, -0.05) is 43.2 Å². The van der Waals surface area contributed by atoms with Gasteiger partial charge in [-0.15, -0.1) is 0 Å². The summed E-state index contributed by atoms with van der Waals surface area (Å²) in [5.74, 6) is 0.0852. The first-order chi connectivity index (χ1) is 31.4. The van der Waals surface area contributed by atoms with Crippen molar-refractivity contribution in [2.24, 2.45) is 0 Å². The van der Waals surface area contributed by atoms with Gasteiger partial charge in [-0.2, -0.15) is 4.98 Å². The maximum Gasteiger partial charge on any atom is 0.263 e. The Kier molecular flexibility index (Phi) is 11.3. The van der Waals surface area contributed by atoms with Crippen LogP contribution < -0.4 is 21.1 Å². The van der Waals surface area contributed by atoms with Crippen LogP contribution in [0.15, 0.2) is 71.8 Å². The summed E-state index contributed by atoms with van der Waals surface area (Å²) in [6, 6.07) is 17.3. The zero-order valence-corrected chi connectivity index (χ0v) is 36.9. The van der Waals surface area contributed by atoms with Crippen LogP contribution in [0.4, 0.5) is 21.8 Å². The van der Waals surface area contributed by atoms with Crippen molar-refractivity contribution >= 4 is 52.0 Å². The molecule has 5 aliphatic rings. The molecule has 2 N–H and O–H groups in total. The molecule has 5 aromatic rings. The lowest BCUT2D eigenvalue weighted by Crippen LogP contribution is -2.52. The SMILES string of the molecule is CC(=O)c1c(C)c2cnc(Nc3ccc(C4CCN(c5ccc(CN6CCC(F)(c7ccc8c(c7)CN(C7CCC(=O)NC7=O)C8=O)CC6)cc5)CC4)cn3)nc2n(C2CCCC2)c1=O. The van der Waals surface area contributed by atoms with Gasteiger partial charge >= 0.3 is 0 Å². The fraction of sp³-hybridized carbons (Fsp3) is 0.440. The van der Waals surface area contributed by atoms with Crippen molar-refractivity contribution in [3.8, 4) is 0 Å². The topological polar surface area (TPSA) is 163 Å². The van der Waals surface area contributed by atoms with Crippen LogP contribution in [0.1, 0.15) is 132 Å². The molecule has 14 nitrogen and oxygen atoms in total. The molecule has 1 atom stereocenters. The van der Waals surface area contributed by atoms with Gasteiger partial charge in [-0.05, 0) is 117 Å². The van der Waals surface area contributed by atoms with Gasteiger partial charge in [0, 0.05) is 80.8 Å². The summed E-state index contributed by atoms with van der Waals surface area (Å²) in [5.41, 5.74) is 4.98. The Morgan fingerprint density at radius 1 is 0.892 bits per heavy atom. The van der Waals surface area contributed by atoms with Gasteiger partial charge in [0.2, 0.25) is 17.8 Å². The number of aryl methyl sites for hydroxylation is 1. The molecule has 1 aliphatic carbocycles. The number of hydrogen-bond donors (Lipinski definition) is 2. The van der Waals surface area contributed by atoms with Crippen LogP contribution in [0.5, 0.6) is 0 Å². The number of halogens is 1. The van der Waals surface area contributed by atoms with E-state index in [0.29, 0.717) is 77.8 Å². The molecule has 0 spiro atoms. The number of fused-ring (bicyclic) bond motifs is 2.